The first-order chi connectivity index (χ1) is 17.2. The second-order valence-corrected chi connectivity index (χ2v) is 10.6. The monoisotopic (exact) mass is 518 g/mol. The van der Waals surface area contributed by atoms with Gasteiger partial charge in [-0.05, 0) is 41.8 Å². The minimum absolute atomic E-state index is 0.0283. The van der Waals surface area contributed by atoms with Crippen LogP contribution in [0.4, 0.5) is 0 Å². The fourth-order valence-electron chi connectivity index (χ4n) is 4.85. The maximum atomic E-state index is 12.8. The number of phenols is 1. The highest BCUT2D eigenvalue weighted by atomic mass is 35.5. The molecule has 8 nitrogen and oxygen atoms in total. The van der Waals surface area contributed by atoms with Gasteiger partial charge in [0.2, 0.25) is 0 Å². The minimum atomic E-state index is -0.779. The predicted molar refractivity (Wildman–Crippen MR) is 137 cm³/mol. The van der Waals surface area contributed by atoms with E-state index in [1.165, 1.54) is 18.2 Å². The molecule has 1 fully saturated rings. The lowest BCUT2D eigenvalue weighted by atomic mass is 9.87. The molecule has 1 amide bonds. The molecule has 2 heterocycles. The second kappa shape index (κ2) is 11.3. The van der Waals surface area contributed by atoms with E-state index in [9.17, 15) is 20.1 Å². The predicted octanol–water partition coefficient (Wildman–Crippen LogP) is 3.00. The Kier molecular flexibility index (Phi) is 8.30. The Morgan fingerprint density at radius 1 is 1.22 bits per heavy atom. The fraction of sp³-hybridized carbons (Fsp3) is 0.519. The first kappa shape index (κ1) is 26.5. The average molecular weight is 519 g/mol. The van der Waals surface area contributed by atoms with Crippen molar-refractivity contribution in [2.75, 3.05) is 32.8 Å². The van der Waals surface area contributed by atoms with Crippen molar-refractivity contribution in [3.05, 3.63) is 52.5 Å². The van der Waals surface area contributed by atoms with E-state index in [1.54, 1.807) is 0 Å². The van der Waals surface area contributed by atoms with Crippen molar-refractivity contribution in [3.63, 3.8) is 0 Å². The van der Waals surface area contributed by atoms with Crippen molar-refractivity contribution in [2.24, 2.45) is 5.92 Å². The first-order valence-electron chi connectivity index (χ1n) is 12.4. The van der Waals surface area contributed by atoms with E-state index in [0.717, 1.165) is 48.7 Å². The van der Waals surface area contributed by atoms with Gasteiger partial charge in [0.25, 0.3) is 5.91 Å². The van der Waals surface area contributed by atoms with Crippen LogP contribution >= 0.6 is 11.6 Å². The van der Waals surface area contributed by atoms with Gasteiger partial charge in [-0.1, -0.05) is 25.4 Å². The average Bonchev–Trinajstić information content (AvgIpc) is 3.19. The SMILES string of the molecule is CC(C)C(CO)NC(=O)c1ccc(O)cc1OC[C@@H](O)CN1CCC2(CC1)Cc1cc(Cl)ccc1O2. The van der Waals surface area contributed by atoms with Crippen molar-refractivity contribution in [1.29, 1.82) is 0 Å². The molecule has 196 valence electrons. The lowest BCUT2D eigenvalue weighted by Crippen LogP contribution is -2.49. The molecule has 36 heavy (non-hydrogen) atoms. The third kappa shape index (κ3) is 6.24. The Bertz CT molecular complexity index is 1070. The second-order valence-electron chi connectivity index (χ2n) is 10.2. The van der Waals surface area contributed by atoms with Gasteiger partial charge in [0, 0.05) is 50.0 Å². The summed E-state index contributed by atoms with van der Waals surface area (Å²) in [5.41, 5.74) is 1.17. The van der Waals surface area contributed by atoms with Gasteiger partial charge in [-0.3, -0.25) is 4.79 Å². The molecule has 1 saturated heterocycles. The minimum Gasteiger partial charge on any atom is -0.508 e. The van der Waals surface area contributed by atoms with Gasteiger partial charge in [-0.2, -0.15) is 0 Å². The highest BCUT2D eigenvalue weighted by Crippen LogP contribution is 2.42. The maximum absolute atomic E-state index is 12.8. The summed E-state index contributed by atoms with van der Waals surface area (Å²) in [5.74, 6) is 0.685. The fourth-order valence-corrected chi connectivity index (χ4v) is 5.04. The van der Waals surface area contributed by atoms with Crippen LogP contribution in [0.5, 0.6) is 17.2 Å². The topological polar surface area (TPSA) is 111 Å². The lowest BCUT2D eigenvalue weighted by molar-refractivity contribution is -0.00201. The number of ether oxygens (including phenoxy) is 2. The molecule has 2 aliphatic rings. The molecule has 0 aliphatic carbocycles. The number of phenolic OH excluding ortho intramolecular Hbond substituents is 1. The molecule has 2 atom stereocenters. The molecule has 0 bridgehead atoms. The number of aliphatic hydroxyl groups is 2. The summed E-state index contributed by atoms with van der Waals surface area (Å²) in [6.45, 7) is 5.60. The highest BCUT2D eigenvalue weighted by molar-refractivity contribution is 6.30. The normalized spacial score (nSPS) is 18.5. The Morgan fingerprint density at radius 3 is 2.67 bits per heavy atom. The van der Waals surface area contributed by atoms with Crippen LogP contribution in [0.3, 0.4) is 0 Å². The van der Waals surface area contributed by atoms with E-state index in [-0.39, 0.29) is 41.8 Å². The van der Waals surface area contributed by atoms with Crippen molar-refractivity contribution >= 4 is 17.5 Å². The van der Waals surface area contributed by atoms with Crippen molar-refractivity contribution in [1.82, 2.24) is 10.2 Å². The zero-order valence-electron chi connectivity index (χ0n) is 20.7. The van der Waals surface area contributed by atoms with E-state index >= 15 is 0 Å². The van der Waals surface area contributed by atoms with Gasteiger partial charge in [-0.15, -0.1) is 0 Å². The number of nitrogens with one attached hydrogen (secondary N) is 1. The zero-order valence-corrected chi connectivity index (χ0v) is 21.5. The Morgan fingerprint density at radius 2 is 1.97 bits per heavy atom. The van der Waals surface area contributed by atoms with Gasteiger partial charge >= 0.3 is 0 Å². The number of hydrogen-bond donors (Lipinski definition) is 4. The Hall–Kier alpha value is -2.52. The molecule has 0 radical (unpaired) electrons. The number of likely N-dealkylation sites (tertiary alicyclic amines) is 1. The van der Waals surface area contributed by atoms with Gasteiger partial charge < -0.3 is 35.0 Å². The van der Waals surface area contributed by atoms with Crippen LogP contribution in [0, 0.1) is 5.92 Å². The molecule has 2 aromatic carbocycles. The number of piperidine rings is 1. The smallest absolute Gasteiger partial charge is 0.255 e. The molecule has 2 aromatic rings. The van der Waals surface area contributed by atoms with Gasteiger partial charge in [-0.25, -0.2) is 0 Å². The summed E-state index contributed by atoms with van der Waals surface area (Å²) in [4.78, 5) is 14.9. The first-order valence-corrected chi connectivity index (χ1v) is 12.8. The number of β-amino-alcohol motifs (C(OH)–C–C–N with tert-alkyl or cyclic N) is 1. The highest BCUT2D eigenvalue weighted by Gasteiger charge is 2.42. The summed E-state index contributed by atoms with van der Waals surface area (Å²) in [7, 11) is 0. The molecule has 4 rings (SSSR count). The van der Waals surface area contributed by atoms with E-state index in [0.29, 0.717) is 6.54 Å². The van der Waals surface area contributed by atoms with Crippen LogP contribution < -0.4 is 14.8 Å². The van der Waals surface area contributed by atoms with Crippen LogP contribution in [0.2, 0.25) is 5.02 Å². The number of aliphatic hydroxyl groups excluding tert-OH is 2. The van der Waals surface area contributed by atoms with E-state index in [4.69, 9.17) is 21.1 Å². The molecule has 0 saturated carbocycles. The molecule has 4 N–H and O–H groups in total. The molecule has 1 spiro atoms. The summed E-state index contributed by atoms with van der Waals surface area (Å²) < 4.78 is 12.1. The van der Waals surface area contributed by atoms with E-state index in [1.807, 2.05) is 32.0 Å². The van der Waals surface area contributed by atoms with Crippen LogP contribution in [-0.4, -0.2) is 76.7 Å². The van der Waals surface area contributed by atoms with E-state index in [2.05, 4.69) is 10.2 Å². The lowest BCUT2D eigenvalue weighted by Gasteiger charge is -2.39. The Labute approximate surface area is 216 Å². The van der Waals surface area contributed by atoms with Crippen molar-refractivity contribution in [2.45, 2.75) is 50.9 Å². The quantitative estimate of drug-likeness (QED) is 0.404. The molecule has 2 aliphatic heterocycles. The molecule has 1 unspecified atom stereocenters. The number of amides is 1. The standard InChI is InChI=1S/C27H35ClN2O6/c1-17(2)23(15-31)29-26(34)22-5-4-20(32)12-25(22)35-16-21(33)14-30-9-7-27(8-10-30)13-18-11-19(28)3-6-24(18)36-27/h3-6,11-12,17,21,23,31-33H,7-10,13-16H2,1-2H3,(H,29,34)/t21-,23?/m0/s1. The Balaban J connectivity index is 1.29. The zero-order chi connectivity index (χ0) is 25.9. The number of aromatic hydroxyl groups is 1. The summed E-state index contributed by atoms with van der Waals surface area (Å²) in [5, 5.41) is 33.6. The van der Waals surface area contributed by atoms with Gasteiger partial charge in [0.15, 0.2) is 0 Å². The van der Waals surface area contributed by atoms with Gasteiger partial charge in [0.05, 0.1) is 18.2 Å². The molecule has 0 aromatic heterocycles. The number of fused-ring (bicyclic) bond motifs is 1. The molecule has 9 heteroatoms. The third-order valence-electron chi connectivity index (χ3n) is 7.06. The number of rotatable bonds is 9. The molecular formula is C27H35ClN2O6. The number of nitrogens with zero attached hydrogens (tertiary/aromatic N) is 1. The number of benzene rings is 2. The summed E-state index contributed by atoms with van der Waals surface area (Å²) in [6.07, 6.45) is 1.77. The largest absolute Gasteiger partial charge is 0.508 e. The molecular weight excluding hydrogens is 484 g/mol. The number of halogens is 1. The van der Waals surface area contributed by atoms with Crippen molar-refractivity contribution < 1.29 is 29.6 Å². The number of carbonyl (C=O) groups is 1. The van der Waals surface area contributed by atoms with Crippen LogP contribution in [-0.2, 0) is 6.42 Å². The van der Waals surface area contributed by atoms with Crippen molar-refractivity contribution in [3.8, 4) is 17.2 Å². The number of hydrogen-bond acceptors (Lipinski definition) is 7. The summed E-state index contributed by atoms with van der Waals surface area (Å²) in [6, 6.07) is 9.59. The van der Waals surface area contributed by atoms with Crippen LogP contribution in [0.25, 0.3) is 0 Å². The number of carbonyl (C=O) groups excluding carboxylic acids is 1. The van der Waals surface area contributed by atoms with Crippen LogP contribution in [0.1, 0.15) is 42.6 Å². The summed E-state index contributed by atoms with van der Waals surface area (Å²) >= 11 is 6.13. The third-order valence-corrected chi connectivity index (χ3v) is 7.29. The van der Waals surface area contributed by atoms with E-state index < -0.39 is 18.1 Å². The van der Waals surface area contributed by atoms with Gasteiger partial charge in [0.1, 0.15) is 35.6 Å². The maximum Gasteiger partial charge on any atom is 0.255 e. The van der Waals surface area contributed by atoms with Crippen LogP contribution in [0.15, 0.2) is 36.4 Å².